The van der Waals surface area contributed by atoms with Crippen LogP contribution in [-0.2, 0) is 4.79 Å². The molecule has 0 unspecified atom stereocenters. The van der Waals surface area contributed by atoms with Crippen LogP contribution >= 0.6 is 0 Å². The lowest BCUT2D eigenvalue weighted by molar-refractivity contribution is -0.119. The number of fused-ring (bicyclic) bond motifs is 1. The Balaban J connectivity index is 2.02. The number of hydrogen-bond acceptors (Lipinski definition) is 3. The van der Waals surface area contributed by atoms with E-state index in [4.69, 9.17) is 0 Å². The van der Waals surface area contributed by atoms with Gasteiger partial charge in [-0.25, -0.2) is 0 Å². The van der Waals surface area contributed by atoms with E-state index in [-0.39, 0.29) is 5.91 Å². The zero-order chi connectivity index (χ0) is 12.3. The second-order valence-electron chi connectivity index (χ2n) is 4.08. The molecule has 2 radical (unpaired) electrons. The minimum absolute atomic E-state index is 0.0319. The lowest BCUT2D eigenvalue weighted by Crippen LogP contribution is -2.36. The Morgan fingerprint density at radius 3 is 2.76 bits per heavy atom. The summed E-state index contributed by atoms with van der Waals surface area (Å²) in [5, 5.41) is 2.87. The summed E-state index contributed by atoms with van der Waals surface area (Å²) in [6.07, 6.45) is 0.954. The third-order valence-electron chi connectivity index (χ3n) is 2.68. The first-order chi connectivity index (χ1) is 8.22. The molecule has 0 saturated carbocycles. The van der Waals surface area contributed by atoms with Crippen LogP contribution in [0.1, 0.15) is 13.3 Å². The second kappa shape index (κ2) is 5.08. The van der Waals surface area contributed by atoms with E-state index in [1.54, 1.807) is 0 Å². The highest BCUT2D eigenvalue weighted by Crippen LogP contribution is 2.36. The van der Waals surface area contributed by atoms with Gasteiger partial charge in [-0.1, -0.05) is 19.1 Å². The minimum Gasteiger partial charge on any atom is -0.355 e. The van der Waals surface area contributed by atoms with Gasteiger partial charge in [-0.15, -0.1) is 0 Å². The zero-order valence-electron chi connectivity index (χ0n) is 10.2. The van der Waals surface area contributed by atoms with Crippen LogP contribution in [0.2, 0.25) is 0 Å². The molecular formula is C13H17N3O. The molecule has 1 aliphatic rings. The van der Waals surface area contributed by atoms with Gasteiger partial charge in [-0.05, 0) is 18.6 Å². The van der Waals surface area contributed by atoms with Crippen LogP contribution in [0.4, 0.5) is 11.4 Å². The van der Waals surface area contributed by atoms with E-state index < -0.39 is 0 Å². The molecule has 17 heavy (non-hydrogen) atoms. The van der Waals surface area contributed by atoms with Crippen molar-refractivity contribution in [2.24, 2.45) is 0 Å². The van der Waals surface area contributed by atoms with Gasteiger partial charge in [-0.3, -0.25) is 4.79 Å². The van der Waals surface area contributed by atoms with Gasteiger partial charge in [0.05, 0.1) is 17.9 Å². The first kappa shape index (κ1) is 11.8. The molecule has 1 amide bonds. The Labute approximate surface area is 102 Å². The van der Waals surface area contributed by atoms with Gasteiger partial charge in [0.2, 0.25) is 12.6 Å². The van der Waals surface area contributed by atoms with Crippen LogP contribution in [0, 0.1) is 6.67 Å². The van der Waals surface area contributed by atoms with Crippen LogP contribution in [-0.4, -0.2) is 26.0 Å². The van der Waals surface area contributed by atoms with Crippen molar-refractivity contribution in [2.45, 2.75) is 13.3 Å². The number of carbonyl (C=O) groups is 1. The normalized spacial score (nSPS) is 13.8. The maximum atomic E-state index is 11.7. The smallest absolute Gasteiger partial charge is 0.239 e. The highest BCUT2D eigenvalue weighted by Gasteiger charge is 2.25. The molecule has 4 nitrogen and oxygen atoms in total. The van der Waals surface area contributed by atoms with E-state index in [2.05, 4.69) is 12.0 Å². The average Bonchev–Trinajstić information content (AvgIpc) is 2.65. The van der Waals surface area contributed by atoms with Gasteiger partial charge < -0.3 is 15.1 Å². The van der Waals surface area contributed by atoms with Gasteiger partial charge in [0.15, 0.2) is 0 Å². The molecule has 0 bridgehead atoms. The summed E-state index contributed by atoms with van der Waals surface area (Å²) in [5.74, 6) is 0.0319. The fourth-order valence-electron chi connectivity index (χ4n) is 1.85. The molecule has 0 spiro atoms. The molecule has 90 valence electrons. The Kier molecular flexibility index (Phi) is 3.52. The number of amides is 1. The molecule has 0 saturated heterocycles. The molecular weight excluding hydrogens is 214 g/mol. The SMILES string of the molecule is CCCNC(=O)CN1[C]N(C)c2ccccc21. The molecule has 0 aromatic heterocycles. The summed E-state index contributed by atoms with van der Waals surface area (Å²) in [5.41, 5.74) is 2.11. The summed E-state index contributed by atoms with van der Waals surface area (Å²) in [4.78, 5) is 15.4. The quantitative estimate of drug-likeness (QED) is 0.852. The third kappa shape index (κ3) is 2.52. The van der Waals surface area contributed by atoms with E-state index in [1.165, 1.54) is 0 Å². The Morgan fingerprint density at radius 1 is 1.35 bits per heavy atom. The molecule has 1 N–H and O–H groups in total. The lowest BCUT2D eigenvalue weighted by Gasteiger charge is -2.16. The third-order valence-corrected chi connectivity index (χ3v) is 2.68. The first-order valence-corrected chi connectivity index (χ1v) is 5.85. The van der Waals surface area contributed by atoms with Crippen LogP contribution < -0.4 is 15.1 Å². The van der Waals surface area contributed by atoms with Crippen molar-refractivity contribution in [1.29, 1.82) is 0 Å². The van der Waals surface area contributed by atoms with E-state index in [0.29, 0.717) is 6.54 Å². The van der Waals surface area contributed by atoms with Crippen molar-refractivity contribution < 1.29 is 4.79 Å². The Hall–Kier alpha value is -1.71. The van der Waals surface area contributed by atoms with Gasteiger partial charge in [0.25, 0.3) is 0 Å². The van der Waals surface area contributed by atoms with Gasteiger partial charge in [0, 0.05) is 13.6 Å². The van der Waals surface area contributed by atoms with Crippen molar-refractivity contribution in [3.63, 3.8) is 0 Å². The van der Waals surface area contributed by atoms with E-state index >= 15 is 0 Å². The molecule has 2 rings (SSSR count). The van der Waals surface area contributed by atoms with Crippen LogP contribution in [0.25, 0.3) is 0 Å². The van der Waals surface area contributed by atoms with Gasteiger partial charge >= 0.3 is 0 Å². The molecule has 0 aliphatic carbocycles. The van der Waals surface area contributed by atoms with Crippen LogP contribution in [0.3, 0.4) is 0 Å². The Bertz CT molecular complexity index is 405. The van der Waals surface area contributed by atoms with Gasteiger partial charge in [0.1, 0.15) is 0 Å². The largest absolute Gasteiger partial charge is 0.355 e. The zero-order valence-corrected chi connectivity index (χ0v) is 10.2. The van der Waals surface area contributed by atoms with Gasteiger partial charge in [-0.2, -0.15) is 0 Å². The number of para-hydroxylation sites is 2. The van der Waals surface area contributed by atoms with E-state index in [0.717, 1.165) is 24.3 Å². The molecule has 1 aromatic rings. The molecule has 1 aromatic carbocycles. The number of benzene rings is 1. The molecule has 0 fully saturated rings. The maximum Gasteiger partial charge on any atom is 0.239 e. The summed E-state index contributed by atoms with van der Waals surface area (Å²) in [7, 11) is 1.93. The predicted octanol–water partition coefficient (Wildman–Crippen LogP) is 1.47. The van der Waals surface area contributed by atoms with Crippen molar-refractivity contribution in [3.8, 4) is 0 Å². The number of rotatable bonds is 4. The van der Waals surface area contributed by atoms with Crippen LogP contribution in [0.5, 0.6) is 0 Å². The minimum atomic E-state index is 0.0319. The lowest BCUT2D eigenvalue weighted by atomic mass is 10.2. The number of hydrogen-bond donors (Lipinski definition) is 1. The predicted molar refractivity (Wildman–Crippen MR) is 68.7 cm³/mol. The number of anilines is 2. The maximum absolute atomic E-state index is 11.7. The topological polar surface area (TPSA) is 35.6 Å². The van der Waals surface area contributed by atoms with E-state index in [1.807, 2.05) is 48.0 Å². The summed E-state index contributed by atoms with van der Waals surface area (Å²) >= 11 is 0. The van der Waals surface area contributed by atoms with Crippen molar-refractivity contribution >= 4 is 17.3 Å². The molecule has 1 heterocycles. The first-order valence-electron chi connectivity index (χ1n) is 5.85. The highest BCUT2D eigenvalue weighted by atomic mass is 16.2. The molecule has 1 aliphatic heterocycles. The van der Waals surface area contributed by atoms with Crippen molar-refractivity contribution in [3.05, 3.63) is 30.9 Å². The summed E-state index contributed by atoms with van der Waals surface area (Å²) in [6.45, 7) is 6.22. The van der Waals surface area contributed by atoms with E-state index in [9.17, 15) is 4.79 Å². The average molecular weight is 231 g/mol. The van der Waals surface area contributed by atoms with Crippen molar-refractivity contribution in [1.82, 2.24) is 5.32 Å². The standard InChI is InChI=1S/C13H17N3O/c1-3-8-14-13(17)9-16-10-15(2)11-6-4-5-7-12(11)16/h4-7H,3,8-9H2,1-2H3,(H,14,17). The second-order valence-corrected chi connectivity index (χ2v) is 4.08. The monoisotopic (exact) mass is 231 g/mol. The number of carbonyl (C=O) groups excluding carboxylic acids is 1. The summed E-state index contributed by atoms with van der Waals surface area (Å²) in [6, 6.07) is 7.97. The number of nitrogens with one attached hydrogen (secondary N) is 1. The van der Waals surface area contributed by atoms with Crippen LogP contribution in [0.15, 0.2) is 24.3 Å². The van der Waals surface area contributed by atoms with Crippen molar-refractivity contribution in [2.75, 3.05) is 29.9 Å². The number of nitrogens with zero attached hydrogens (tertiary/aromatic N) is 2. The fraction of sp³-hybridized carbons (Fsp3) is 0.385. The fourth-order valence-corrected chi connectivity index (χ4v) is 1.85. The highest BCUT2D eigenvalue weighted by molar-refractivity contribution is 5.86. The Morgan fingerprint density at radius 2 is 2.06 bits per heavy atom. The summed E-state index contributed by atoms with van der Waals surface area (Å²) < 4.78 is 0. The molecule has 4 heteroatoms. The molecule has 0 atom stereocenters.